The van der Waals surface area contributed by atoms with Crippen molar-refractivity contribution in [1.29, 1.82) is 0 Å². The van der Waals surface area contributed by atoms with Crippen molar-refractivity contribution < 1.29 is 19.2 Å². The van der Waals surface area contributed by atoms with E-state index in [0.717, 1.165) is 5.56 Å². The number of nitro benzene ring substituents is 1. The molecule has 0 spiro atoms. The van der Waals surface area contributed by atoms with Crippen LogP contribution in [-0.2, 0) is 11.3 Å². The van der Waals surface area contributed by atoms with Crippen LogP contribution >= 0.6 is 0 Å². The zero-order valence-electron chi connectivity index (χ0n) is 15.9. The molecule has 2 rings (SSSR count). The number of anilines is 1. The van der Waals surface area contributed by atoms with Gasteiger partial charge in [-0.2, -0.15) is 0 Å². The predicted molar refractivity (Wildman–Crippen MR) is 104 cm³/mol. The minimum Gasteiger partial charge on any atom is -0.494 e. The Hall–Kier alpha value is -3.46. The number of carbonyl (C=O) groups excluding carboxylic acids is 2. The number of nitrogens with one attached hydrogen (secondary N) is 2. The van der Waals surface area contributed by atoms with Gasteiger partial charge in [-0.15, -0.1) is 0 Å². The second-order valence-electron chi connectivity index (χ2n) is 6.14. The van der Waals surface area contributed by atoms with Crippen LogP contribution in [0.1, 0.15) is 15.9 Å². The van der Waals surface area contributed by atoms with Gasteiger partial charge in [0, 0.05) is 25.2 Å². The number of rotatable bonds is 8. The summed E-state index contributed by atoms with van der Waals surface area (Å²) in [7, 11) is 4.74. The molecular weight excluding hydrogens is 364 g/mol. The number of amides is 2. The maximum absolute atomic E-state index is 12.3. The number of hydrogen-bond donors (Lipinski definition) is 2. The predicted octanol–water partition coefficient (Wildman–Crippen LogP) is 2.03. The number of hydrogen-bond acceptors (Lipinski definition) is 6. The van der Waals surface area contributed by atoms with E-state index in [1.165, 1.54) is 25.3 Å². The van der Waals surface area contributed by atoms with E-state index in [1.54, 1.807) is 26.2 Å². The first kappa shape index (κ1) is 20.8. The summed E-state index contributed by atoms with van der Waals surface area (Å²) in [4.78, 5) is 35.9. The zero-order chi connectivity index (χ0) is 20.7. The summed E-state index contributed by atoms with van der Waals surface area (Å²) >= 11 is 0. The molecular formula is C19H22N4O5. The fourth-order valence-electron chi connectivity index (χ4n) is 2.61. The lowest BCUT2D eigenvalue weighted by Gasteiger charge is -2.17. The lowest BCUT2D eigenvalue weighted by atomic mass is 10.1. The highest BCUT2D eigenvalue weighted by molar-refractivity contribution is 5.94. The number of likely N-dealkylation sites (N-methyl/N-ethyl adjacent to an activating group) is 1. The van der Waals surface area contributed by atoms with Crippen LogP contribution in [0.2, 0.25) is 0 Å². The summed E-state index contributed by atoms with van der Waals surface area (Å²) in [5, 5.41) is 16.1. The van der Waals surface area contributed by atoms with E-state index in [0.29, 0.717) is 17.8 Å². The number of nitrogens with zero attached hydrogens (tertiary/aromatic N) is 2. The van der Waals surface area contributed by atoms with Crippen molar-refractivity contribution in [2.24, 2.45) is 0 Å². The minimum absolute atomic E-state index is 0.108. The number of non-ortho nitro benzene ring substituents is 1. The summed E-state index contributed by atoms with van der Waals surface area (Å²) < 4.78 is 5.11. The van der Waals surface area contributed by atoms with Crippen molar-refractivity contribution in [3.8, 4) is 5.75 Å². The maximum atomic E-state index is 12.3. The smallest absolute Gasteiger partial charge is 0.273 e. The molecule has 28 heavy (non-hydrogen) atoms. The van der Waals surface area contributed by atoms with Gasteiger partial charge in [0.15, 0.2) is 0 Å². The Balaban J connectivity index is 1.95. The Kier molecular flexibility index (Phi) is 7.05. The van der Waals surface area contributed by atoms with Crippen molar-refractivity contribution in [3.63, 3.8) is 0 Å². The molecule has 0 aliphatic rings. The van der Waals surface area contributed by atoms with Crippen LogP contribution in [0.4, 0.5) is 11.4 Å². The molecule has 0 aromatic heterocycles. The number of benzene rings is 2. The van der Waals surface area contributed by atoms with Crippen LogP contribution in [0, 0.1) is 10.1 Å². The van der Waals surface area contributed by atoms with Crippen molar-refractivity contribution in [1.82, 2.24) is 10.2 Å². The van der Waals surface area contributed by atoms with Gasteiger partial charge in [0.25, 0.3) is 11.6 Å². The molecule has 0 atom stereocenters. The number of carbonyl (C=O) groups is 2. The van der Waals surface area contributed by atoms with Crippen molar-refractivity contribution in [3.05, 3.63) is 63.7 Å². The highest BCUT2D eigenvalue weighted by Gasteiger charge is 2.14. The molecule has 0 saturated carbocycles. The van der Waals surface area contributed by atoms with E-state index < -0.39 is 4.92 Å². The minimum atomic E-state index is -0.530. The third-order valence-electron chi connectivity index (χ3n) is 3.98. The molecule has 0 bridgehead atoms. The van der Waals surface area contributed by atoms with E-state index >= 15 is 0 Å². The van der Waals surface area contributed by atoms with Crippen molar-refractivity contribution in [2.75, 3.05) is 33.1 Å². The number of methoxy groups -OCH3 is 1. The van der Waals surface area contributed by atoms with Gasteiger partial charge in [-0.3, -0.25) is 24.6 Å². The van der Waals surface area contributed by atoms with Crippen LogP contribution in [0.5, 0.6) is 5.75 Å². The van der Waals surface area contributed by atoms with Crippen LogP contribution in [0.15, 0.2) is 42.5 Å². The lowest BCUT2D eigenvalue weighted by Crippen LogP contribution is -2.30. The van der Waals surface area contributed by atoms with Crippen LogP contribution in [0.25, 0.3) is 0 Å². The highest BCUT2D eigenvalue weighted by Crippen LogP contribution is 2.28. The van der Waals surface area contributed by atoms with E-state index in [4.69, 9.17) is 4.74 Å². The van der Waals surface area contributed by atoms with Crippen LogP contribution in [-0.4, -0.2) is 49.4 Å². The number of nitro groups is 1. The van der Waals surface area contributed by atoms with Crippen molar-refractivity contribution in [2.45, 2.75) is 6.54 Å². The molecule has 148 valence electrons. The van der Waals surface area contributed by atoms with Crippen molar-refractivity contribution >= 4 is 23.2 Å². The Labute approximate surface area is 162 Å². The Morgan fingerprint density at radius 3 is 2.43 bits per heavy atom. The first-order chi connectivity index (χ1) is 13.3. The summed E-state index contributed by atoms with van der Waals surface area (Å²) in [5.41, 5.74) is 1.77. The monoisotopic (exact) mass is 386 g/mol. The first-order valence-electron chi connectivity index (χ1n) is 8.46. The standard InChI is InChI=1S/C19H22N4O5/c1-20-19(25)14-6-4-13(5-7-14)11-22(2)12-18(24)21-16-9-8-15(23(26)27)10-17(16)28-3/h4-10H,11-12H2,1-3H3,(H,20,25)(H,21,24). The van der Waals surface area contributed by atoms with Gasteiger partial charge < -0.3 is 15.4 Å². The molecule has 0 aliphatic carbocycles. The molecule has 0 saturated heterocycles. The summed E-state index contributed by atoms with van der Waals surface area (Å²) in [6.45, 7) is 0.621. The van der Waals surface area contributed by atoms with Gasteiger partial charge in [-0.05, 0) is 30.8 Å². The molecule has 2 aromatic rings. The molecule has 9 heteroatoms. The highest BCUT2D eigenvalue weighted by atomic mass is 16.6. The molecule has 2 amide bonds. The largest absolute Gasteiger partial charge is 0.494 e. The van der Waals surface area contributed by atoms with Gasteiger partial charge in [0.1, 0.15) is 5.75 Å². The van der Waals surface area contributed by atoms with E-state index in [2.05, 4.69) is 10.6 Å². The van der Waals surface area contributed by atoms with Gasteiger partial charge in [-0.25, -0.2) is 0 Å². The van der Waals surface area contributed by atoms with Gasteiger partial charge in [-0.1, -0.05) is 12.1 Å². The van der Waals surface area contributed by atoms with Gasteiger partial charge >= 0.3 is 0 Å². The first-order valence-corrected chi connectivity index (χ1v) is 8.46. The maximum Gasteiger partial charge on any atom is 0.273 e. The summed E-state index contributed by atoms with van der Waals surface area (Å²) in [6, 6.07) is 11.1. The van der Waals surface area contributed by atoms with E-state index in [1.807, 2.05) is 17.0 Å². The zero-order valence-corrected chi connectivity index (χ0v) is 15.9. The summed E-state index contributed by atoms with van der Waals surface area (Å²) in [5.74, 6) is -0.219. The van der Waals surface area contributed by atoms with E-state index in [-0.39, 0.29) is 29.8 Å². The van der Waals surface area contributed by atoms with Gasteiger partial charge in [0.05, 0.1) is 30.3 Å². The molecule has 0 unspecified atom stereocenters. The molecule has 0 aliphatic heterocycles. The molecule has 9 nitrogen and oxygen atoms in total. The second kappa shape index (κ2) is 9.47. The fraction of sp³-hybridized carbons (Fsp3) is 0.263. The number of ether oxygens (including phenoxy) is 1. The van der Waals surface area contributed by atoms with Crippen LogP contribution in [0.3, 0.4) is 0 Å². The Morgan fingerprint density at radius 2 is 1.86 bits per heavy atom. The Bertz CT molecular complexity index is 867. The molecule has 2 N–H and O–H groups in total. The lowest BCUT2D eigenvalue weighted by molar-refractivity contribution is -0.384. The van der Waals surface area contributed by atoms with Gasteiger partial charge in [0.2, 0.25) is 5.91 Å². The average molecular weight is 386 g/mol. The molecule has 0 radical (unpaired) electrons. The van der Waals surface area contributed by atoms with Crippen LogP contribution < -0.4 is 15.4 Å². The summed E-state index contributed by atoms with van der Waals surface area (Å²) in [6.07, 6.45) is 0. The third kappa shape index (κ3) is 5.52. The quantitative estimate of drug-likeness (QED) is 0.530. The average Bonchev–Trinajstić information content (AvgIpc) is 2.67. The SMILES string of the molecule is CNC(=O)c1ccc(CN(C)CC(=O)Nc2ccc([N+](=O)[O-])cc2OC)cc1. The molecule has 0 fully saturated rings. The fourth-order valence-corrected chi connectivity index (χ4v) is 2.61. The normalized spacial score (nSPS) is 10.4. The second-order valence-corrected chi connectivity index (χ2v) is 6.14. The molecule has 2 aromatic carbocycles. The Morgan fingerprint density at radius 1 is 1.18 bits per heavy atom. The van der Waals surface area contributed by atoms with E-state index in [9.17, 15) is 19.7 Å². The topological polar surface area (TPSA) is 114 Å². The third-order valence-corrected chi connectivity index (χ3v) is 3.98. The molecule has 0 heterocycles.